The van der Waals surface area contributed by atoms with E-state index in [4.69, 9.17) is 4.74 Å². The quantitative estimate of drug-likeness (QED) is 0.710. The maximum atomic E-state index is 5.67. The first-order valence-corrected chi connectivity index (χ1v) is 6.11. The Balaban J connectivity index is 2.41. The highest BCUT2D eigenvalue weighted by molar-refractivity contribution is 5.36. The van der Waals surface area contributed by atoms with Gasteiger partial charge in [0.15, 0.2) is 0 Å². The summed E-state index contributed by atoms with van der Waals surface area (Å²) in [5.41, 5.74) is 4.87. The van der Waals surface area contributed by atoms with Gasteiger partial charge in [0.25, 0.3) is 0 Å². The summed E-state index contributed by atoms with van der Waals surface area (Å²) in [4.78, 5) is 0. The molecule has 0 aliphatic heterocycles. The van der Waals surface area contributed by atoms with Gasteiger partial charge in [-0.3, -0.25) is 0 Å². The Morgan fingerprint density at radius 3 is 2.28 bits per heavy atom. The van der Waals surface area contributed by atoms with Gasteiger partial charge < -0.3 is 4.74 Å². The van der Waals surface area contributed by atoms with Crippen LogP contribution in [0.15, 0.2) is 61.4 Å². The molecule has 0 saturated heterocycles. The van der Waals surface area contributed by atoms with E-state index in [0.717, 1.165) is 11.1 Å². The first-order chi connectivity index (χ1) is 8.72. The zero-order valence-electron chi connectivity index (χ0n) is 10.9. The Labute approximate surface area is 109 Å². The van der Waals surface area contributed by atoms with Gasteiger partial charge in [-0.2, -0.15) is 0 Å². The zero-order chi connectivity index (χ0) is 13.0. The largest absolute Gasteiger partial charge is 0.489 e. The van der Waals surface area contributed by atoms with Crippen LogP contribution in [0.5, 0.6) is 0 Å². The van der Waals surface area contributed by atoms with Crippen molar-refractivity contribution in [1.29, 1.82) is 0 Å². The van der Waals surface area contributed by atoms with Crippen molar-refractivity contribution >= 4 is 0 Å². The van der Waals surface area contributed by atoms with E-state index in [-0.39, 0.29) is 6.10 Å². The number of aryl methyl sites for hydroxylation is 2. The molecule has 2 aromatic rings. The van der Waals surface area contributed by atoms with E-state index >= 15 is 0 Å². The third-order valence-electron chi connectivity index (χ3n) is 3.17. The number of hydrogen-bond donors (Lipinski definition) is 0. The molecular formula is C17H18O. The molecule has 0 amide bonds. The van der Waals surface area contributed by atoms with Crippen molar-refractivity contribution in [1.82, 2.24) is 0 Å². The molecule has 0 saturated carbocycles. The summed E-state index contributed by atoms with van der Waals surface area (Å²) >= 11 is 0. The first-order valence-electron chi connectivity index (χ1n) is 6.11. The fourth-order valence-corrected chi connectivity index (χ4v) is 2.00. The zero-order valence-corrected chi connectivity index (χ0v) is 10.9. The Kier molecular flexibility index (Phi) is 3.83. The van der Waals surface area contributed by atoms with Crippen LogP contribution in [-0.2, 0) is 4.74 Å². The van der Waals surface area contributed by atoms with Crippen LogP contribution in [0.25, 0.3) is 0 Å². The van der Waals surface area contributed by atoms with Gasteiger partial charge in [-0.05, 0) is 36.1 Å². The second kappa shape index (κ2) is 5.54. The lowest BCUT2D eigenvalue weighted by atomic mass is 9.98. The summed E-state index contributed by atoms with van der Waals surface area (Å²) in [6, 6.07) is 16.6. The highest BCUT2D eigenvalue weighted by Gasteiger charge is 2.14. The number of benzene rings is 2. The first kappa shape index (κ1) is 12.4. The summed E-state index contributed by atoms with van der Waals surface area (Å²) in [6.45, 7) is 7.91. The molecule has 18 heavy (non-hydrogen) atoms. The van der Waals surface area contributed by atoms with Gasteiger partial charge in [0, 0.05) is 0 Å². The molecular weight excluding hydrogens is 220 g/mol. The molecule has 1 heteroatoms. The van der Waals surface area contributed by atoms with Gasteiger partial charge in [0.05, 0.1) is 6.26 Å². The lowest BCUT2D eigenvalue weighted by molar-refractivity contribution is 0.184. The van der Waals surface area contributed by atoms with Gasteiger partial charge in [0.2, 0.25) is 0 Å². The van der Waals surface area contributed by atoms with E-state index in [9.17, 15) is 0 Å². The molecule has 2 rings (SSSR count). The SMILES string of the molecule is C=CO[C@H](c1ccccc1)c1ccc(C)c(C)c1. The lowest BCUT2D eigenvalue weighted by Gasteiger charge is -2.18. The Hall–Kier alpha value is -2.02. The number of hydrogen-bond acceptors (Lipinski definition) is 1. The fraction of sp³-hybridized carbons (Fsp3) is 0.176. The molecule has 0 spiro atoms. The molecule has 0 N–H and O–H groups in total. The van der Waals surface area contributed by atoms with Crippen LogP contribution in [-0.4, -0.2) is 0 Å². The maximum absolute atomic E-state index is 5.67. The minimum absolute atomic E-state index is 0.0806. The van der Waals surface area contributed by atoms with Gasteiger partial charge in [-0.25, -0.2) is 0 Å². The summed E-state index contributed by atoms with van der Waals surface area (Å²) in [7, 11) is 0. The number of rotatable bonds is 4. The van der Waals surface area contributed by atoms with E-state index in [1.165, 1.54) is 17.4 Å². The Morgan fingerprint density at radius 1 is 0.944 bits per heavy atom. The highest BCUT2D eigenvalue weighted by Crippen LogP contribution is 2.27. The normalized spacial score (nSPS) is 11.9. The second-order valence-corrected chi connectivity index (χ2v) is 4.44. The molecule has 1 atom stereocenters. The lowest BCUT2D eigenvalue weighted by Crippen LogP contribution is -2.03. The van der Waals surface area contributed by atoms with Crippen LogP contribution < -0.4 is 0 Å². The van der Waals surface area contributed by atoms with E-state index in [2.05, 4.69) is 50.8 Å². The minimum atomic E-state index is -0.0806. The average molecular weight is 238 g/mol. The van der Waals surface area contributed by atoms with E-state index in [0.29, 0.717) is 0 Å². The predicted octanol–water partition coefficient (Wildman–Crippen LogP) is 4.55. The van der Waals surface area contributed by atoms with Crippen molar-refractivity contribution in [3.05, 3.63) is 83.6 Å². The van der Waals surface area contributed by atoms with Gasteiger partial charge in [0.1, 0.15) is 6.10 Å². The summed E-state index contributed by atoms with van der Waals surface area (Å²) in [6.07, 6.45) is 1.43. The molecule has 0 aromatic heterocycles. The minimum Gasteiger partial charge on any atom is -0.489 e. The van der Waals surface area contributed by atoms with Crippen LogP contribution in [0, 0.1) is 13.8 Å². The second-order valence-electron chi connectivity index (χ2n) is 4.44. The average Bonchev–Trinajstić information content (AvgIpc) is 2.40. The Bertz CT molecular complexity index is 529. The van der Waals surface area contributed by atoms with E-state index < -0.39 is 0 Å². The summed E-state index contributed by atoms with van der Waals surface area (Å²) in [5.74, 6) is 0. The van der Waals surface area contributed by atoms with Crippen molar-refractivity contribution in [2.75, 3.05) is 0 Å². The van der Waals surface area contributed by atoms with Crippen LogP contribution in [0.3, 0.4) is 0 Å². The van der Waals surface area contributed by atoms with Crippen molar-refractivity contribution in [2.24, 2.45) is 0 Å². The third kappa shape index (κ3) is 2.62. The van der Waals surface area contributed by atoms with Crippen LogP contribution in [0.1, 0.15) is 28.4 Å². The molecule has 2 aromatic carbocycles. The molecule has 0 fully saturated rings. The van der Waals surface area contributed by atoms with Crippen LogP contribution >= 0.6 is 0 Å². The third-order valence-corrected chi connectivity index (χ3v) is 3.17. The van der Waals surface area contributed by atoms with Gasteiger partial charge in [-0.1, -0.05) is 55.1 Å². The van der Waals surface area contributed by atoms with Crippen LogP contribution in [0.4, 0.5) is 0 Å². The molecule has 0 radical (unpaired) electrons. The molecule has 0 aliphatic rings. The van der Waals surface area contributed by atoms with E-state index in [1.54, 1.807) is 0 Å². The molecule has 92 valence electrons. The molecule has 0 unspecified atom stereocenters. The molecule has 0 bridgehead atoms. The van der Waals surface area contributed by atoms with E-state index in [1.807, 2.05) is 18.2 Å². The smallest absolute Gasteiger partial charge is 0.148 e. The topological polar surface area (TPSA) is 9.23 Å². The highest BCUT2D eigenvalue weighted by atomic mass is 16.5. The maximum Gasteiger partial charge on any atom is 0.148 e. The molecule has 0 aliphatic carbocycles. The van der Waals surface area contributed by atoms with Gasteiger partial charge in [-0.15, -0.1) is 0 Å². The monoisotopic (exact) mass is 238 g/mol. The molecule has 1 nitrogen and oxygen atoms in total. The van der Waals surface area contributed by atoms with Crippen molar-refractivity contribution in [3.8, 4) is 0 Å². The Morgan fingerprint density at radius 2 is 1.67 bits per heavy atom. The molecule has 0 heterocycles. The fourth-order valence-electron chi connectivity index (χ4n) is 2.00. The summed E-state index contributed by atoms with van der Waals surface area (Å²) < 4.78 is 5.67. The van der Waals surface area contributed by atoms with Gasteiger partial charge >= 0.3 is 0 Å². The van der Waals surface area contributed by atoms with Crippen molar-refractivity contribution in [3.63, 3.8) is 0 Å². The van der Waals surface area contributed by atoms with Crippen molar-refractivity contribution in [2.45, 2.75) is 20.0 Å². The van der Waals surface area contributed by atoms with Crippen molar-refractivity contribution < 1.29 is 4.74 Å². The summed E-state index contributed by atoms with van der Waals surface area (Å²) in [5, 5.41) is 0. The predicted molar refractivity (Wildman–Crippen MR) is 75.5 cm³/mol. The number of ether oxygens (including phenoxy) is 1. The standard InChI is InChI=1S/C17H18O/c1-4-18-17(15-8-6-5-7-9-15)16-11-10-13(2)14(3)12-16/h4-12,17H,1H2,2-3H3/t17-/m1/s1. The van der Waals surface area contributed by atoms with Crippen LogP contribution in [0.2, 0.25) is 0 Å².